The van der Waals surface area contributed by atoms with E-state index in [0.717, 1.165) is 22.9 Å². The van der Waals surface area contributed by atoms with E-state index in [1.165, 1.54) is 16.9 Å². The first-order valence-electron chi connectivity index (χ1n) is 6.86. The number of thiazole rings is 1. The number of carbonyl (C=O) groups excluding carboxylic acids is 1. The number of nitrogens with zero attached hydrogens (tertiary/aromatic N) is 1. The Bertz CT molecular complexity index is 583. The van der Waals surface area contributed by atoms with Gasteiger partial charge in [-0.15, -0.1) is 11.3 Å². The second kappa shape index (κ2) is 8.12. The normalized spacial score (nSPS) is 10.6. The number of rotatable bonds is 7. The average molecular weight is 324 g/mol. The number of carbonyl (C=O) groups is 1. The largest absolute Gasteiger partial charge is 0.351 e. The molecule has 2 rings (SSSR count). The summed E-state index contributed by atoms with van der Waals surface area (Å²) in [6.07, 6.45) is 2.51. The molecule has 0 aliphatic carbocycles. The molecule has 0 spiro atoms. The van der Waals surface area contributed by atoms with Crippen molar-refractivity contribution in [2.24, 2.45) is 5.73 Å². The summed E-state index contributed by atoms with van der Waals surface area (Å²) < 4.78 is 0. The van der Waals surface area contributed by atoms with Crippen molar-refractivity contribution in [1.29, 1.82) is 0 Å². The molecule has 3 N–H and O–H groups in total. The van der Waals surface area contributed by atoms with Crippen molar-refractivity contribution >= 4 is 28.8 Å². The summed E-state index contributed by atoms with van der Waals surface area (Å²) in [5.41, 5.74) is 7.16. The summed E-state index contributed by atoms with van der Waals surface area (Å²) in [6, 6.07) is 7.76. The Balaban J connectivity index is 1.72. The molecule has 4 nitrogen and oxygen atoms in total. The molecule has 1 aromatic heterocycles. The molecule has 0 aliphatic heterocycles. The van der Waals surface area contributed by atoms with Gasteiger partial charge in [-0.2, -0.15) is 0 Å². The quantitative estimate of drug-likeness (QED) is 0.770. The molecule has 21 heavy (non-hydrogen) atoms. The SMILES string of the molecule is NCCc1nc(C(=O)NCCCc2ccc(Cl)cc2)cs1. The van der Waals surface area contributed by atoms with E-state index in [1.807, 2.05) is 24.3 Å². The molecular formula is C15H18ClN3OS. The molecule has 0 atom stereocenters. The van der Waals surface area contributed by atoms with E-state index in [0.29, 0.717) is 25.2 Å². The van der Waals surface area contributed by atoms with Crippen LogP contribution in [0.2, 0.25) is 5.02 Å². The van der Waals surface area contributed by atoms with Crippen LogP contribution in [-0.2, 0) is 12.8 Å². The Morgan fingerprint density at radius 2 is 2.05 bits per heavy atom. The molecule has 0 unspecified atom stereocenters. The standard InChI is InChI=1S/C15H18ClN3OS/c16-12-5-3-11(4-6-12)2-1-9-18-15(20)13-10-21-14(19-13)7-8-17/h3-6,10H,1-2,7-9,17H2,(H,18,20). The van der Waals surface area contributed by atoms with Gasteiger partial charge in [0, 0.05) is 23.4 Å². The molecule has 1 heterocycles. The number of hydrogen-bond donors (Lipinski definition) is 2. The van der Waals surface area contributed by atoms with Crippen molar-refractivity contribution in [3.63, 3.8) is 0 Å². The minimum absolute atomic E-state index is 0.120. The predicted molar refractivity (Wildman–Crippen MR) is 87.0 cm³/mol. The Labute approximate surface area is 133 Å². The first kappa shape index (κ1) is 15.9. The smallest absolute Gasteiger partial charge is 0.270 e. The fraction of sp³-hybridized carbons (Fsp3) is 0.333. The highest BCUT2D eigenvalue weighted by molar-refractivity contribution is 7.09. The highest BCUT2D eigenvalue weighted by Crippen LogP contribution is 2.11. The maximum atomic E-state index is 11.9. The molecule has 1 aromatic carbocycles. The highest BCUT2D eigenvalue weighted by Gasteiger charge is 2.09. The van der Waals surface area contributed by atoms with Crippen molar-refractivity contribution in [3.05, 3.63) is 50.9 Å². The molecule has 0 saturated heterocycles. The van der Waals surface area contributed by atoms with Crippen molar-refractivity contribution < 1.29 is 4.79 Å². The van der Waals surface area contributed by atoms with Crippen LogP contribution in [0.25, 0.3) is 0 Å². The van der Waals surface area contributed by atoms with Gasteiger partial charge >= 0.3 is 0 Å². The lowest BCUT2D eigenvalue weighted by molar-refractivity contribution is 0.0949. The summed E-state index contributed by atoms with van der Waals surface area (Å²) >= 11 is 7.31. The van der Waals surface area contributed by atoms with Gasteiger partial charge in [0.1, 0.15) is 5.69 Å². The van der Waals surface area contributed by atoms with Gasteiger partial charge in [0.2, 0.25) is 0 Å². The van der Waals surface area contributed by atoms with Crippen molar-refractivity contribution in [1.82, 2.24) is 10.3 Å². The Morgan fingerprint density at radius 3 is 2.76 bits per heavy atom. The molecular weight excluding hydrogens is 306 g/mol. The third-order valence-corrected chi connectivity index (χ3v) is 4.14. The van der Waals surface area contributed by atoms with Crippen LogP contribution in [0.15, 0.2) is 29.6 Å². The van der Waals surface area contributed by atoms with Crippen LogP contribution >= 0.6 is 22.9 Å². The van der Waals surface area contributed by atoms with Crippen molar-refractivity contribution in [2.75, 3.05) is 13.1 Å². The topological polar surface area (TPSA) is 68.0 Å². The van der Waals surface area contributed by atoms with Gasteiger partial charge in [0.15, 0.2) is 0 Å². The van der Waals surface area contributed by atoms with Gasteiger partial charge in [-0.1, -0.05) is 23.7 Å². The van der Waals surface area contributed by atoms with Gasteiger partial charge in [-0.05, 0) is 37.1 Å². The number of halogens is 1. The summed E-state index contributed by atoms with van der Waals surface area (Å²) in [5.74, 6) is -0.120. The van der Waals surface area contributed by atoms with Crippen LogP contribution in [0.4, 0.5) is 0 Å². The maximum absolute atomic E-state index is 11.9. The lowest BCUT2D eigenvalue weighted by Crippen LogP contribution is -2.25. The summed E-state index contributed by atoms with van der Waals surface area (Å²) in [5, 5.41) is 6.31. The van der Waals surface area contributed by atoms with E-state index in [1.54, 1.807) is 5.38 Å². The predicted octanol–water partition coefficient (Wildman–Crippen LogP) is 2.66. The lowest BCUT2D eigenvalue weighted by atomic mass is 10.1. The van der Waals surface area contributed by atoms with Crippen LogP contribution in [0.3, 0.4) is 0 Å². The fourth-order valence-electron chi connectivity index (χ4n) is 1.89. The molecule has 0 aliphatic rings. The second-order valence-corrected chi connectivity index (χ2v) is 6.03. The molecule has 2 aromatic rings. The van der Waals surface area contributed by atoms with E-state index in [-0.39, 0.29) is 5.91 Å². The zero-order valence-electron chi connectivity index (χ0n) is 11.6. The molecule has 6 heteroatoms. The molecule has 0 radical (unpaired) electrons. The Hall–Kier alpha value is -1.43. The average Bonchev–Trinajstić information content (AvgIpc) is 2.94. The second-order valence-electron chi connectivity index (χ2n) is 4.65. The highest BCUT2D eigenvalue weighted by atomic mass is 35.5. The van der Waals surface area contributed by atoms with E-state index >= 15 is 0 Å². The first-order valence-corrected chi connectivity index (χ1v) is 8.12. The van der Waals surface area contributed by atoms with E-state index in [9.17, 15) is 4.79 Å². The number of nitrogens with one attached hydrogen (secondary N) is 1. The Morgan fingerprint density at radius 1 is 1.29 bits per heavy atom. The van der Waals surface area contributed by atoms with Crippen molar-refractivity contribution in [2.45, 2.75) is 19.3 Å². The zero-order chi connectivity index (χ0) is 15.1. The number of hydrogen-bond acceptors (Lipinski definition) is 4. The number of nitrogens with two attached hydrogens (primary N) is 1. The number of aryl methyl sites for hydroxylation is 1. The van der Waals surface area contributed by atoms with Crippen LogP contribution in [-0.4, -0.2) is 24.0 Å². The maximum Gasteiger partial charge on any atom is 0.270 e. The van der Waals surface area contributed by atoms with Gasteiger partial charge in [-0.3, -0.25) is 4.79 Å². The van der Waals surface area contributed by atoms with Crippen molar-refractivity contribution in [3.8, 4) is 0 Å². The third-order valence-electron chi connectivity index (χ3n) is 2.98. The van der Waals surface area contributed by atoms with Gasteiger partial charge in [-0.25, -0.2) is 4.98 Å². The minimum atomic E-state index is -0.120. The number of benzene rings is 1. The molecule has 112 valence electrons. The van der Waals surface area contributed by atoms with Crippen LogP contribution in [0.1, 0.15) is 27.5 Å². The zero-order valence-corrected chi connectivity index (χ0v) is 13.2. The van der Waals surface area contributed by atoms with Gasteiger partial charge in [0.25, 0.3) is 5.91 Å². The molecule has 1 amide bonds. The van der Waals surface area contributed by atoms with Gasteiger partial charge in [0.05, 0.1) is 5.01 Å². The fourth-order valence-corrected chi connectivity index (χ4v) is 2.81. The Kier molecular flexibility index (Phi) is 6.17. The van der Waals surface area contributed by atoms with Crippen LogP contribution < -0.4 is 11.1 Å². The van der Waals surface area contributed by atoms with E-state index in [4.69, 9.17) is 17.3 Å². The minimum Gasteiger partial charge on any atom is -0.351 e. The molecule has 0 fully saturated rings. The van der Waals surface area contributed by atoms with Gasteiger partial charge < -0.3 is 11.1 Å². The third kappa shape index (κ3) is 5.12. The van der Waals surface area contributed by atoms with Crippen LogP contribution in [0, 0.1) is 0 Å². The summed E-state index contributed by atoms with van der Waals surface area (Å²) in [6.45, 7) is 1.18. The summed E-state index contributed by atoms with van der Waals surface area (Å²) in [7, 11) is 0. The number of aromatic nitrogens is 1. The number of amides is 1. The van der Waals surface area contributed by atoms with E-state index < -0.39 is 0 Å². The first-order chi connectivity index (χ1) is 10.2. The lowest BCUT2D eigenvalue weighted by Gasteiger charge is -2.04. The van der Waals surface area contributed by atoms with E-state index in [2.05, 4.69) is 10.3 Å². The molecule has 0 bridgehead atoms. The molecule has 0 saturated carbocycles. The van der Waals surface area contributed by atoms with Crippen LogP contribution in [0.5, 0.6) is 0 Å². The summed E-state index contributed by atoms with van der Waals surface area (Å²) in [4.78, 5) is 16.2. The monoisotopic (exact) mass is 323 g/mol.